The van der Waals surface area contributed by atoms with E-state index in [0.717, 1.165) is 0 Å². The lowest BCUT2D eigenvalue weighted by Gasteiger charge is -2.21. The summed E-state index contributed by atoms with van der Waals surface area (Å²) in [5, 5.41) is 20.7. The van der Waals surface area contributed by atoms with Crippen LogP contribution in [0.2, 0.25) is 0 Å². The Bertz CT molecular complexity index is 816. The molecule has 1 N–H and O–H groups in total. The molecule has 2 aromatic rings. The molecule has 0 aliphatic heterocycles. The summed E-state index contributed by atoms with van der Waals surface area (Å²) in [5.41, 5.74) is 0.0584. The third-order valence-electron chi connectivity index (χ3n) is 3.66. The number of hydrogen-bond donors (Lipinski definition) is 1. The molecular formula is C19H17N3O2. The molecule has 0 bridgehead atoms. The van der Waals surface area contributed by atoms with Gasteiger partial charge < -0.3 is 10.1 Å². The van der Waals surface area contributed by atoms with Crippen LogP contribution in [0.3, 0.4) is 0 Å². The maximum absolute atomic E-state index is 12.3. The van der Waals surface area contributed by atoms with Crippen molar-refractivity contribution in [2.75, 3.05) is 0 Å². The predicted octanol–water partition coefficient (Wildman–Crippen LogP) is 3.77. The first kappa shape index (κ1) is 17.1. The molecule has 0 aliphatic carbocycles. The van der Waals surface area contributed by atoms with Crippen LogP contribution < -0.4 is 10.1 Å². The van der Waals surface area contributed by atoms with E-state index in [-0.39, 0.29) is 5.91 Å². The highest BCUT2D eigenvalue weighted by Gasteiger charge is 2.24. The van der Waals surface area contributed by atoms with Crippen LogP contribution in [0.25, 0.3) is 0 Å². The Kier molecular flexibility index (Phi) is 5.19. The van der Waals surface area contributed by atoms with Crippen LogP contribution in [0.4, 0.5) is 0 Å². The number of nitrogens with one attached hydrogen (secondary N) is 1. The Morgan fingerprint density at radius 3 is 2.46 bits per heavy atom. The lowest BCUT2D eigenvalue weighted by molar-refractivity contribution is 0.0922. The number of rotatable bonds is 5. The zero-order chi connectivity index (χ0) is 17.6. The highest BCUT2D eigenvalue weighted by Crippen LogP contribution is 2.23. The molecule has 24 heavy (non-hydrogen) atoms. The molecule has 5 nitrogen and oxygen atoms in total. The van der Waals surface area contributed by atoms with Crippen molar-refractivity contribution >= 4 is 5.91 Å². The molecule has 2 aromatic carbocycles. The largest absolute Gasteiger partial charge is 0.457 e. The normalized spacial score (nSPS) is 12.3. The van der Waals surface area contributed by atoms with Gasteiger partial charge in [0.2, 0.25) is 0 Å². The van der Waals surface area contributed by atoms with Crippen molar-refractivity contribution in [3.63, 3.8) is 0 Å². The van der Waals surface area contributed by atoms with Gasteiger partial charge in [-0.3, -0.25) is 4.79 Å². The van der Waals surface area contributed by atoms with Gasteiger partial charge in [-0.1, -0.05) is 13.0 Å². The molecule has 0 spiro atoms. The van der Waals surface area contributed by atoms with Crippen molar-refractivity contribution in [1.82, 2.24) is 5.32 Å². The summed E-state index contributed by atoms with van der Waals surface area (Å²) in [6.07, 6.45) is 0.511. The van der Waals surface area contributed by atoms with Crippen LogP contribution in [0.1, 0.15) is 36.2 Å². The number of ether oxygens (including phenoxy) is 1. The molecular weight excluding hydrogens is 302 g/mol. The molecule has 2 rings (SSSR count). The standard InChI is InChI=1S/C19H17N3O2/c1-3-19(2,13-21)22-18(23)15-5-4-6-17(11-15)24-16-9-7-14(12-20)8-10-16/h4-11H,3H2,1-2H3,(H,22,23)/t19-/m1/s1. The average molecular weight is 319 g/mol. The number of amides is 1. The Labute approximate surface area is 141 Å². The highest BCUT2D eigenvalue weighted by atomic mass is 16.5. The number of hydrogen-bond acceptors (Lipinski definition) is 4. The van der Waals surface area contributed by atoms with Crippen LogP contribution in [0.15, 0.2) is 48.5 Å². The van der Waals surface area contributed by atoms with E-state index < -0.39 is 5.54 Å². The molecule has 0 saturated heterocycles. The first-order valence-electron chi connectivity index (χ1n) is 7.51. The minimum absolute atomic E-state index is 0.328. The monoisotopic (exact) mass is 319 g/mol. The van der Waals surface area contributed by atoms with Crippen molar-refractivity contribution in [2.45, 2.75) is 25.8 Å². The van der Waals surface area contributed by atoms with Gasteiger partial charge in [-0.2, -0.15) is 10.5 Å². The van der Waals surface area contributed by atoms with Crippen LogP contribution in [0, 0.1) is 22.7 Å². The van der Waals surface area contributed by atoms with Crippen LogP contribution in [-0.2, 0) is 0 Å². The third-order valence-corrected chi connectivity index (χ3v) is 3.66. The second-order valence-corrected chi connectivity index (χ2v) is 5.52. The number of carbonyl (C=O) groups is 1. The van der Waals surface area contributed by atoms with Gasteiger partial charge >= 0.3 is 0 Å². The summed E-state index contributed by atoms with van der Waals surface area (Å²) < 4.78 is 5.70. The van der Waals surface area contributed by atoms with E-state index in [0.29, 0.717) is 29.0 Å². The first-order valence-corrected chi connectivity index (χ1v) is 7.51. The number of benzene rings is 2. The molecule has 1 atom stereocenters. The molecule has 5 heteroatoms. The molecule has 0 aromatic heterocycles. The van der Waals surface area contributed by atoms with Gasteiger partial charge in [0.15, 0.2) is 0 Å². The molecule has 1 amide bonds. The second kappa shape index (κ2) is 7.30. The Hall–Kier alpha value is -3.31. The van der Waals surface area contributed by atoms with Gasteiger partial charge in [-0.15, -0.1) is 0 Å². The maximum atomic E-state index is 12.3. The van der Waals surface area contributed by atoms with Gasteiger partial charge in [-0.05, 0) is 55.8 Å². The van der Waals surface area contributed by atoms with E-state index in [1.54, 1.807) is 55.5 Å². The summed E-state index contributed by atoms with van der Waals surface area (Å²) in [5.74, 6) is 0.746. The van der Waals surface area contributed by atoms with Crippen molar-refractivity contribution in [1.29, 1.82) is 10.5 Å². The van der Waals surface area contributed by atoms with Crippen molar-refractivity contribution in [3.05, 3.63) is 59.7 Å². The predicted molar refractivity (Wildman–Crippen MR) is 89.4 cm³/mol. The van der Waals surface area contributed by atoms with Gasteiger partial charge in [0.25, 0.3) is 5.91 Å². The van der Waals surface area contributed by atoms with E-state index in [4.69, 9.17) is 15.3 Å². The molecule has 0 aliphatic rings. The van der Waals surface area contributed by atoms with Crippen molar-refractivity contribution in [2.24, 2.45) is 0 Å². The van der Waals surface area contributed by atoms with E-state index in [9.17, 15) is 4.79 Å². The quantitative estimate of drug-likeness (QED) is 0.908. The SMILES string of the molecule is CC[C@](C)(C#N)NC(=O)c1cccc(Oc2ccc(C#N)cc2)c1. The molecule has 0 heterocycles. The smallest absolute Gasteiger partial charge is 0.252 e. The first-order chi connectivity index (χ1) is 11.5. The molecule has 0 radical (unpaired) electrons. The Morgan fingerprint density at radius 1 is 1.17 bits per heavy atom. The molecule has 0 saturated carbocycles. The Balaban J connectivity index is 2.15. The van der Waals surface area contributed by atoms with Crippen LogP contribution in [0.5, 0.6) is 11.5 Å². The number of nitriles is 2. The van der Waals surface area contributed by atoms with E-state index in [2.05, 4.69) is 11.4 Å². The van der Waals surface area contributed by atoms with Crippen LogP contribution in [-0.4, -0.2) is 11.4 Å². The highest BCUT2D eigenvalue weighted by molar-refractivity contribution is 5.95. The maximum Gasteiger partial charge on any atom is 0.252 e. The summed E-state index contributed by atoms with van der Waals surface area (Å²) in [6.45, 7) is 3.52. The fraction of sp³-hybridized carbons (Fsp3) is 0.211. The molecule has 0 fully saturated rings. The minimum Gasteiger partial charge on any atom is -0.457 e. The summed E-state index contributed by atoms with van der Waals surface area (Å²) >= 11 is 0. The lowest BCUT2D eigenvalue weighted by atomic mass is 10.0. The fourth-order valence-corrected chi connectivity index (χ4v) is 1.95. The molecule has 0 unspecified atom stereocenters. The topological polar surface area (TPSA) is 85.9 Å². The summed E-state index contributed by atoms with van der Waals surface area (Å²) in [7, 11) is 0. The van der Waals surface area contributed by atoms with Crippen molar-refractivity contribution < 1.29 is 9.53 Å². The average Bonchev–Trinajstić information content (AvgIpc) is 2.62. The minimum atomic E-state index is -0.902. The lowest BCUT2D eigenvalue weighted by Crippen LogP contribution is -2.44. The zero-order valence-corrected chi connectivity index (χ0v) is 13.5. The summed E-state index contributed by atoms with van der Waals surface area (Å²) in [6, 6.07) is 17.6. The molecule has 120 valence electrons. The fourth-order valence-electron chi connectivity index (χ4n) is 1.95. The van der Waals surface area contributed by atoms with E-state index in [1.165, 1.54) is 0 Å². The van der Waals surface area contributed by atoms with Gasteiger partial charge in [0.05, 0.1) is 17.7 Å². The Morgan fingerprint density at radius 2 is 1.88 bits per heavy atom. The van der Waals surface area contributed by atoms with Gasteiger partial charge in [-0.25, -0.2) is 0 Å². The van der Waals surface area contributed by atoms with Gasteiger partial charge in [0.1, 0.15) is 17.0 Å². The third kappa shape index (κ3) is 4.12. The van der Waals surface area contributed by atoms with E-state index >= 15 is 0 Å². The second-order valence-electron chi connectivity index (χ2n) is 5.52. The summed E-state index contributed by atoms with van der Waals surface area (Å²) in [4.78, 5) is 12.3. The zero-order valence-electron chi connectivity index (χ0n) is 13.5. The van der Waals surface area contributed by atoms with Gasteiger partial charge in [0, 0.05) is 5.56 Å². The van der Waals surface area contributed by atoms with Crippen molar-refractivity contribution in [3.8, 4) is 23.6 Å². The van der Waals surface area contributed by atoms with E-state index in [1.807, 2.05) is 13.0 Å². The number of nitrogens with zero attached hydrogens (tertiary/aromatic N) is 2. The van der Waals surface area contributed by atoms with Crippen LogP contribution >= 0.6 is 0 Å². The number of carbonyl (C=O) groups excluding carboxylic acids is 1.